The third kappa shape index (κ3) is 3.70. The predicted molar refractivity (Wildman–Crippen MR) is 71.9 cm³/mol. The molecule has 1 aliphatic heterocycles. The molecule has 0 spiro atoms. The number of aliphatic hydroxyl groups is 3. The number of aliphatic hydroxyl groups excluding tert-OH is 3. The summed E-state index contributed by atoms with van der Waals surface area (Å²) in [4.78, 5) is 2.63. The van der Waals surface area contributed by atoms with E-state index in [2.05, 4.69) is 10.0 Å². The van der Waals surface area contributed by atoms with Gasteiger partial charge in [-0.05, 0) is 11.1 Å². The van der Waals surface area contributed by atoms with Gasteiger partial charge in [-0.25, -0.2) is 0 Å². The number of rotatable bonds is 5. The molecule has 1 aromatic carbocycles. The molecule has 0 bridgehead atoms. The summed E-state index contributed by atoms with van der Waals surface area (Å²) in [6, 6.07) is 8.17. The van der Waals surface area contributed by atoms with E-state index in [4.69, 9.17) is 20.1 Å². The van der Waals surface area contributed by atoms with Crippen molar-refractivity contribution in [3.05, 3.63) is 46.3 Å². The van der Waals surface area contributed by atoms with E-state index in [0.29, 0.717) is 0 Å². The Balaban J connectivity index is 2.08. The Bertz CT molecular complexity index is 494. The van der Waals surface area contributed by atoms with Crippen molar-refractivity contribution < 1.29 is 24.8 Å². The van der Waals surface area contributed by atoms with Crippen LogP contribution in [0.1, 0.15) is 5.56 Å². The zero-order valence-electron chi connectivity index (χ0n) is 11.2. The van der Waals surface area contributed by atoms with E-state index < -0.39 is 37.3 Å². The van der Waals surface area contributed by atoms with Crippen molar-refractivity contribution in [2.24, 2.45) is 5.11 Å². The van der Waals surface area contributed by atoms with E-state index in [9.17, 15) is 10.2 Å². The molecular weight excluding hydrogens is 278 g/mol. The van der Waals surface area contributed by atoms with Crippen LogP contribution in [0.5, 0.6) is 0 Å². The molecule has 1 aromatic rings. The van der Waals surface area contributed by atoms with Crippen LogP contribution < -0.4 is 0 Å². The summed E-state index contributed by atoms with van der Waals surface area (Å²) in [5.74, 6) is 0. The maximum Gasteiger partial charge on any atom is 0.169 e. The molecule has 1 saturated heterocycles. The van der Waals surface area contributed by atoms with Crippen LogP contribution in [0.15, 0.2) is 35.4 Å². The van der Waals surface area contributed by atoms with E-state index in [0.717, 1.165) is 5.56 Å². The predicted octanol–water partition coefficient (Wildman–Crippen LogP) is 0.321. The standard InChI is InChI=1S/C13H17N3O5/c14-16-15-10-12(19)11(18)9(6-17)21-13(10)20-7-8-4-2-1-3-5-8/h1-5,9-13,17-19H,6-7H2/t9?,10-,11+,12?,13-/m0/s1. The van der Waals surface area contributed by atoms with Crippen LogP contribution in [0.25, 0.3) is 10.4 Å². The van der Waals surface area contributed by atoms with Gasteiger partial charge in [0.1, 0.15) is 18.2 Å². The van der Waals surface area contributed by atoms with Crippen molar-refractivity contribution in [2.75, 3.05) is 6.61 Å². The van der Waals surface area contributed by atoms with Crippen molar-refractivity contribution in [3.63, 3.8) is 0 Å². The molecule has 0 aromatic heterocycles. The molecule has 8 nitrogen and oxygen atoms in total. The summed E-state index contributed by atoms with van der Waals surface area (Å²) >= 11 is 0. The summed E-state index contributed by atoms with van der Waals surface area (Å²) in [6.45, 7) is -0.295. The lowest BCUT2D eigenvalue weighted by molar-refractivity contribution is -0.268. The maximum absolute atomic E-state index is 9.95. The van der Waals surface area contributed by atoms with Gasteiger partial charge in [-0.1, -0.05) is 35.4 Å². The van der Waals surface area contributed by atoms with Crippen LogP contribution in [0.2, 0.25) is 0 Å². The number of nitrogens with zero attached hydrogens (tertiary/aromatic N) is 3. The zero-order valence-corrected chi connectivity index (χ0v) is 11.2. The highest BCUT2D eigenvalue weighted by Crippen LogP contribution is 2.25. The molecule has 2 unspecified atom stereocenters. The van der Waals surface area contributed by atoms with Gasteiger partial charge in [-0.2, -0.15) is 0 Å². The lowest BCUT2D eigenvalue weighted by Gasteiger charge is -2.40. The van der Waals surface area contributed by atoms with Gasteiger partial charge >= 0.3 is 0 Å². The molecular formula is C13H17N3O5. The molecule has 0 saturated carbocycles. The van der Waals surface area contributed by atoms with E-state index in [1.807, 2.05) is 30.3 Å². The molecule has 1 heterocycles. The minimum absolute atomic E-state index is 0.184. The molecule has 3 N–H and O–H groups in total. The van der Waals surface area contributed by atoms with Crippen molar-refractivity contribution >= 4 is 0 Å². The first-order valence-electron chi connectivity index (χ1n) is 6.49. The number of hydrogen-bond acceptors (Lipinski definition) is 6. The van der Waals surface area contributed by atoms with Gasteiger partial charge in [0.2, 0.25) is 0 Å². The van der Waals surface area contributed by atoms with Gasteiger partial charge in [0, 0.05) is 4.91 Å². The molecule has 1 aliphatic rings. The summed E-state index contributed by atoms with van der Waals surface area (Å²) in [5, 5.41) is 32.3. The summed E-state index contributed by atoms with van der Waals surface area (Å²) < 4.78 is 10.9. The normalized spacial score (nSPS) is 32.4. The summed E-state index contributed by atoms with van der Waals surface area (Å²) in [7, 11) is 0. The topological polar surface area (TPSA) is 128 Å². The number of azide groups is 1. The highest BCUT2D eigenvalue weighted by molar-refractivity contribution is 5.13. The fourth-order valence-corrected chi connectivity index (χ4v) is 2.14. The Labute approximate surface area is 121 Å². The number of benzene rings is 1. The second kappa shape index (κ2) is 7.37. The Kier molecular flexibility index (Phi) is 5.51. The molecule has 0 radical (unpaired) electrons. The molecule has 8 heteroatoms. The van der Waals surface area contributed by atoms with Gasteiger partial charge in [0.15, 0.2) is 6.29 Å². The molecule has 114 valence electrons. The van der Waals surface area contributed by atoms with Gasteiger partial charge in [0.05, 0.1) is 19.3 Å². The zero-order chi connectivity index (χ0) is 15.2. The van der Waals surface area contributed by atoms with Gasteiger partial charge < -0.3 is 24.8 Å². The maximum atomic E-state index is 9.95. The highest BCUT2D eigenvalue weighted by atomic mass is 16.7. The molecule has 21 heavy (non-hydrogen) atoms. The SMILES string of the molecule is [N-]=[N+]=N[C@H]1C(O)[C@H](O)C(CO)O[C@@H]1OCc1ccccc1. The van der Waals surface area contributed by atoms with Crippen molar-refractivity contribution in [3.8, 4) is 0 Å². The average molecular weight is 295 g/mol. The van der Waals surface area contributed by atoms with Gasteiger partial charge in [-0.15, -0.1) is 0 Å². The Hall–Kier alpha value is -1.67. The van der Waals surface area contributed by atoms with E-state index in [1.54, 1.807) is 0 Å². The summed E-state index contributed by atoms with van der Waals surface area (Å²) in [5.41, 5.74) is 9.43. The second-order valence-electron chi connectivity index (χ2n) is 4.70. The first-order chi connectivity index (χ1) is 10.2. The third-order valence-corrected chi connectivity index (χ3v) is 3.29. The molecule has 1 fully saturated rings. The van der Waals surface area contributed by atoms with Gasteiger partial charge in [-0.3, -0.25) is 0 Å². The van der Waals surface area contributed by atoms with Crippen LogP contribution in [0, 0.1) is 0 Å². The monoisotopic (exact) mass is 295 g/mol. The minimum atomic E-state index is -1.37. The van der Waals surface area contributed by atoms with E-state index in [1.165, 1.54) is 0 Å². The molecule has 2 rings (SSSR count). The summed E-state index contributed by atoms with van der Waals surface area (Å²) in [6.07, 6.45) is -4.75. The lowest BCUT2D eigenvalue weighted by Crippen LogP contribution is -2.58. The Morgan fingerprint density at radius 3 is 2.57 bits per heavy atom. The first-order valence-corrected chi connectivity index (χ1v) is 6.49. The van der Waals surface area contributed by atoms with Crippen LogP contribution in [-0.4, -0.2) is 52.6 Å². The van der Waals surface area contributed by atoms with Crippen molar-refractivity contribution in [2.45, 2.75) is 37.3 Å². The van der Waals surface area contributed by atoms with Gasteiger partial charge in [0.25, 0.3) is 0 Å². The van der Waals surface area contributed by atoms with E-state index in [-0.39, 0.29) is 6.61 Å². The highest BCUT2D eigenvalue weighted by Gasteiger charge is 2.44. The molecule has 0 aliphatic carbocycles. The first kappa shape index (κ1) is 15.7. The Morgan fingerprint density at radius 2 is 1.95 bits per heavy atom. The largest absolute Gasteiger partial charge is 0.394 e. The van der Waals surface area contributed by atoms with Crippen LogP contribution in [0.3, 0.4) is 0 Å². The fraction of sp³-hybridized carbons (Fsp3) is 0.538. The number of ether oxygens (including phenoxy) is 2. The van der Waals surface area contributed by atoms with Crippen LogP contribution in [0.4, 0.5) is 0 Å². The molecule has 0 amide bonds. The quantitative estimate of drug-likeness (QED) is 0.409. The average Bonchev–Trinajstić information content (AvgIpc) is 2.52. The minimum Gasteiger partial charge on any atom is -0.394 e. The van der Waals surface area contributed by atoms with Crippen molar-refractivity contribution in [1.29, 1.82) is 0 Å². The Morgan fingerprint density at radius 1 is 1.24 bits per heavy atom. The van der Waals surface area contributed by atoms with Crippen LogP contribution >= 0.6 is 0 Å². The van der Waals surface area contributed by atoms with Crippen molar-refractivity contribution in [1.82, 2.24) is 0 Å². The lowest BCUT2D eigenvalue weighted by atomic mass is 9.98. The number of hydrogen-bond donors (Lipinski definition) is 3. The second-order valence-corrected chi connectivity index (χ2v) is 4.70. The fourth-order valence-electron chi connectivity index (χ4n) is 2.14. The smallest absolute Gasteiger partial charge is 0.169 e. The van der Waals surface area contributed by atoms with Crippen LogP contribution in [-0.2, 0) is 16.1 Å². The van der Waals surface area contributed by atoms with E-state index >= 15 is 0 Å². The molecule has 5 atom stereocenters. The third-order valence-electron chi connectivity index (χ3n) is 3.29.